The molecule has 0 spiro atoms. The van der Waals surface area contributed by atoms with E-state index in [1.165, 1.54) is 14.2 Å². The van der Waals surface area contributed by atoms with E-state index in [-0.39, 0.29) is 11.9 Å². The molecule has 0 radical (unpaired) electrons. The first-order valence-corrected chi connectivity index (χ1v) is 7.79. The van der Waals surface area contributed by atoms with Gasteiger partial charge in [0, 0.05) is 0 Å². The SMILES string of the molecule is COc1ccc([C@H](C)NC(=O)c2c(OC)cccc2OC)cc1OC. The molecule has 0 fully saturated rings. The van der Waals surface area contributed by atoms with Gasteiger partial charge in [-0.25, -0.2) is 0 Å². The normalized spacial score (nSPS) is 11.4. The summed E-state index contributed by atoms with van der Waals surface area (Å²) >= 11 is 0. The summed E-state index contributed by atoms with van der Waals surface area (Å²) in [5.74, 6) is 1.87. The van der Waals surface area contributed by atoms with E-state index < -0.39 is 0 Å². The molecule has 2 aromatic carbocycles. The molecule has 0 bridgehead atoms. The van der Waals surface area contributed by atoms with Crippen molar-refractivity contribution in [2.24, 2.45) is 0 Å². The zero-order chi connectivity index (χ0) is 18.4. The van der Waals surface area contributed by atoms with Gasteiger partial charge in [0.05, 0.1) is 34.5 Å². The summed E-state index contributed by atoms with van der Waals surface area (Å²) in [4.78, 5) is 12.7. The molecule has 6 heteroatoms. The lowest BCUT2D eigenvalue weighted by molar-refractivity contribution is 0.0933. The Labute approximate surface area is 147 Å². The largest absolute Gasteiger partial charge is 0.496 e. The Hall–Kier alpha value is -2.89. The highest BCUT2D eigenvalue weighted by atomic mass is 16.5. The van der Waals surface area contributed by atoms with Crippen LogP contribution in [-0.4, -0.2) is 34.3 Å². The van der Waals surface area contributed by atoms with Crippen LogP contribution in [0.5, 0.6) is 23.0 Å². The molecule has 1 amide bonds. The molecule has 0 aliphatic carbocycles. The van der Waals surface area contributed by atoms with Gasteiger partial charge in [-0.3, -0.25) is 4.79 Å². The van der Waals surface area contributed by atoms with E-state index in [4.69, 9.17) is 18.9 Å². The van der Waals surface area contributed by atoms with Crippen LogP contribution in [0.2, 0.25) is 0 Å². The minimum Gasteiger partial charge on any atom is -0.496 e. The molecule has 0 aliphatic heterocycles. The van der Waals surface area contributed by atoms with Gasteiger partial charge < -0.3 is 24.3 Å². The molecule has 0 saturated carbocycles. The van der Waals surface area contributed by atoms with E-state index in [9.17, 15) is 4.79 Å². The Morgan fingerprint density at radius 1 is 0.840 bits per heavy atom. The van der Waals surface area contributed by atoms with Gasteiger partial charge in [-0.05, 0) is 36.8 Å². The summed E-state index contributed by atoms with van der Waals surface area (Å²) in [6, 6.07) is 10.5. The molecule has 134 valence electrons. The number of methoxy groups -OCH3 is 4. The number of rotatable bonds is 7. The van der Waals surface area contributed by atoms with Crippen LogP contribution in [0.1, 0.15) is 28.9 Å². The van der Waals surface area contributed by atoms with Crippen LogP contribution in [0, 0.1) is 0 Å². The Kier molecular flexibility index (Phi) is 6.11. The number of hydrogen-bond acceptors (Lipinski definition) is 5. The first kappa shape index (κ1) is 18.4. The quantitative estimate of drug-likeness (QED) is 0.835. The molecular formula is C19H23NO5. The van der Waals surface area contributed by atoms with Crippen LogP contribution in [0.15, 0.2) is 36.4 Å². The predicted molar refractivity (Wildman–Crippen MR) is 95.0 cm³/mol. The lowest BCUT2D eigenvalue weighted by atomic mass is 10.1. The van der Waals surface area contributed by atoms with Gasteiger partial charge in [0.1, 0.15) is 17.1 Å². The van der Waals surface area contributed by atoms with E-state index >= 15 is 0 Å². The molecule has 0 aromatic heterocycles. The third kappa shape index (κ3) is 3.96. The highest BCUT2D eigenvalue weighted by Gasteiger charge is 2.20. The van der Waals surface area contributed by atoms with E-state index in [0.717, 1.165) is 5.56 Å². The number of carbonyl (C=O) groups is 1. The number of benzene rings is 2. The molecule has 25 heavy (non-hydrogen) atoms. The molecule has 0 unspecified atom stereocenters. The van der Waals surface area contributed by atoms with Crippen molar-refractivity contribution >= 4 is 5.91 Å². The second-order valence-corrected chi connectivity index (χ2v) is 5.35. The van der Waals surface area contributed by atoms with E-state index in [1.807, 2.05) is 19.1 Å². The van der Waals surface area contributed by atoms with Gasteiger partial charge in [-0.15, -0.1) is 0 Å². The molecule has 0 heterocycles. The fraction of sp³-hybridized carbons (Fsp3) is 0.316. The first-order valence-electron chi connectivity index (χ1n) is 7.79. The zero-order valence-electron chi connectivity index (χ0n) is 15.1. The molecule has 2 rings (SSSR count). The topological polar surface area (TPSA) is 66.0 Å². The van der Waals surface area contributed by atoms with Crippen molar-refractivity contribution in [1.82, 2.24) is 5.32 Å². The van der Waals surface area contributed by atoms with Crippen molar-refractivity contribution in [3.05, 3.63) is 47.5 Å². The Morgan fingerprint density at radius 2 is 1.40 bits per heavy atom. The summed E-state index contributed by atoms with van der Waals surface area (Å²) in [7, 11) is 6.19. The summed E-state index contributed by atoms with van der Waals surface area (Å²) in [5.41, 5.74) is 1.25. The lowest BCUT2D eigenvalue weighted by Crippen LogP contribution is -2.27. The van der Waals surface area contributed by atoms with Crippen molar-refractivity contribution in [2.45, 2.75) is 13.0 Å². The van der Waals surface area contributed by atoms with Crippen LogP contribution < -0.4 is 24.3 Å². The molecule has 0 aliphatic rings. The van der Waals surface area contributed by atoms with Crippen LogP contribution in [0.4, 0.5) is 0 Å². The zero-order valence-corrected chi connectivity index (χ0v) is 15.1. The van der Waals surface area contributed by atoms with E-state index in [1.54, 1.807) is 38.5 Å². The second kappa shape index (κ2) is 8.28. The predicted octanol–water partition coefficient (Wildman–Crippen LogP) is 3.21. The van der Waals surface area contributed by atoms with Crippen molar-refractivity contribution in [3.8, 4) is 23.0 Å². The monoisotopic (exact) mass is 345 g/mol. The second-order valence-electron chi connectivity index (χ2n) is 5.35. The highest BCUT2D eigenvalue weighted by molar-refractivity contribution is 6.00. The molecule has 1 atom stereocenters. The fourth-order valence-electron chi connectivity index (χ4n) is 2.55. The smallest absolute Gasteiger partial charge is 0.259 e. The number of ether oxygens (including phenoxy) is 4. The molecular weight excluding hydrogens is 322 g/mol. The molecule has 0 saturated heterocycles. The molecule has 1 N–H and O–H groups in total. The van der Waals surface area contributed by atoms with Gasteiger partial charge in [-0.2, -0.15) is 0 Å². The van der Waals surface area contributed by atoms with Crippen molar-refractivity contribution in [1.29, 1.82) is 0 Å². The van der Waals surface area contributed by atoms with Crippen molar-refractivity contribution in [3.63, 3.8) is 0 Å². The number of hydrogen-bond donors (Lipinski definition) is 1. The standard InChI is InChI=1S/C19H23NO5/c1-12(13-9-10-14(22-2)17(11-13)25-5)20-19(21)18-15(23-3)7-6-8-16(18)24-4/h6-12H,1-5H3,(H,20,21)/t12-/m0/s1. The number of nitrogens with one attached hydrogen (secondary N) is 1. The summed E-state index contributed by atoms with van der Waals surface area (Å²) in [6.07, 6.45) is 0. The summed E-state index contributed by atoms with van der Waals surface area (Å²) in [6.45, 7) is 1.89. The van der Waals surface area contributed by atoms with E-state index in [0.29, 0.717) is 28.6 Å². The molecule has 2 aromatic rings. The van der Waals surface area contributed by atoms with Gasteiger partial charge in [0.2, 0.25) is 0 Å². The maximum absolute atomic E-state index is 12.7. The van der Waals surface area contributed by atoms with Crippen molar-refractivity contribution < 1.29 is 23.7 Å². The van der Waals surface area contributed by atoms with Gasteiger partial charge in [0.15, 0.2) is 11.5 Å². The van der Waals surface area contributed by atoms with Gasteiger partial charge in [0.25, 0.3) is 5.91 Å². The molecule has 6 nitrogen and oxygen atoms in total. The maximum Gasteiger partial charge on any atom is 0.259 e. The lowest BCUT2D eigenvalue weighted by Gasteiger charge is -2.18. The van der Waals surface area contributed by atoms with Crippen LogP contribution in [0.25, 0.3) is 0 Å². The van der Waals surface area contributed by atoms with Gasteiger partial charge >= 0.3 is 0 Å². The van der Waals surface area contributed by atoms with Gasteiger partial charge in [-0.1, -0.05) is 12.1 Å². The third-order valence-corrected chi connectivity index (χ3v) is 3.91. The van der Waals surface area contributed by atoms with Crippen LogP contribution in [0.3, 0.4) is 0 Å². The summed E-state index contributed by atoms with van der Waals surface area (Å²) < 4.78 is 21.1. The Balaban J connectivity index is 2.26. The van der Waals surface area contributed by atoms with Crippen LogP contribution in [-0.2, 0) is 0 Å². The average Bonchev–Trinajstić information content (AvgIpc) is 2.66. The minimum atomic E-state index is -0.281. The minimum absolute atomic E-state index is 0.248. The van der Waals surface area contributed by atoms with E-state index in [2.05, 4.69) is 5.32 Å². The highest BCUT2D eigenvalue weighted by Crippen LogP contribution is 2.31. The summed E-state index contributed by atoms with van der Waals surface area (Å²) in [5, 5.41) is 2.96. The third-order valence-electron chi connectivity index (χ3n) is 3.91. The Bertz CT molecular complexity index is 722. The van der Waals surface area contributed by atoms with Crippen LogP contribution >= 0.6 is 0 Å². The average molecular weight is 345 g/mol. The number of carbonyl (C=O) groups excluding carboxylic acids is 1. The fourth-order valence-corrected chi connectivity index (χ4v) is 2.55. The maximum atomic E-state index is 12.7. The van der Waals surface area contributed by atoms with Crippen molar-refractivity contribution in [2.75, 3.05) is 28.4 Å². The number of amides is 1. The first-order chi connectivity index (χ1) is 12.0. The Morgan fingerprint density at radius 3 is 1.92 bits per heavy atom.